The van der Waals surface area contributed by atoms with Crippen LogP contribution in [0.25, 0.3) is 10.2 Å². The summed E-state index contributed by atoms with van der Waals surface area (Å²) in [5.74, 6) is 0.121. The van der Waals surface area contributed by atoms with Gasteiger partial charge < -0.3 is 5.32 Å². The Balaban J connectivity index is 1.27. The molecule has 2 aromatic heterocycles. The van der Waals surface area contributed by atoms with E-state index in [4.69, 9.17) is 0 Å². The van der Waals surface area contributed by atoms with Crippen molar-refractivity contribution in [3.05, 3.63) is 63.8 Å². The van der Waals surface area contributed by atoms with Crippen LogP contribution in [0.15, 0.2) is 57.7 Å². The predicted octanol–water partition coefficient (Wildman–Crippen LogP) is 3.98. The van der Waals surface area contributed by atoms with Crippen LogP contribution in [0, 0.1) is 6.92 Å². The quantitative estimate of drug-likeness (QED) is 0.289. The fourth-order valence-corrected chi connectivity index (χ4v) is 5.61. The van der Waals surface area contributed by atoms with Crippen molar-refractivity contribution >= 4 is 67.3 Å². The molecule has 2 N–H and O–H groups in total. The van der Waals surface area contributed by atoms with E-state index in [9.17, 15) is 14.4 Å². The van der Waals surface area contributed by atoms with E-state index >= 15 is 0 Å². The van der Waals surface area contributed by atoms with Gasteiger partial charge in [-0.05, 0) is 30.7 Å². The first-order chi connectivity index (χ1) is 15.5. The lowest BCUT2D eigenvalue weighted by atomic mass is 10.2. The number of para-hydroxylation sites is 2. The van der Waals surface area contributed by atoms with Crippen LogP contribution in [0.2, 0.25) is 0 Å². The van der Waals surface area contributed by atoms with Crippen molar-refractivity contribution in [3.8, 4) is 0 Å². The van der Waals surface area contributed by atoms with Gasteiger partial charge in [0.1, 0.15) is 6.54 Å². The second-order valence-electron chi connectivity index (χ2n) is 6.80. The fraction of sp³-hybridized carbons (Fsp3) is 0.190. The van der Waals surface area contributed by atoms with Crippen LogP contribution < -0.4 is 15.5 Å². The number of anilines is 2. The molecule has 32 heavy (non-hydrogen) atoms. The van der Waals surface area contributed by atoms with Gasteiger partial charge in [-0.25, -0.2) is 0 Å². The fourth-order valence-electron chi connectivity index (χ4n) is 2.94. The van der Waals surface area contributed by atoms with Gasteiger partial charge in [0.25, 0.3) is 0 Å². The van der Waals surface area contributed by atoms with Gasteiger partial charge >= 0.3 is 4.87 Å². The van der Waals surface area contributed by atoms with Crippen LogP contribution in [0.1, 0.15) is 12.0 Å². The minimum Gasteiger partial charge on any atom is -0.326 e. The lowest BCUT2D eigenvalue weighted by molar-refractivity contribution is -0.117. The number of amides is 2. The largest absolute Gasteiger partial charge is 0.326 e. The number of aryl methyl sites for hydroxylation is 1. The smallest absolute Gasteiger partial charge is 0.308 e. The van der Waals surface area contributed by atoms with Gasteiger partial charge in [-0.2, -0.15) is 0 Å². The minimum atomic E-state index is -0.346. The summed E-state index contributed by atoms with van der Waals surface area (Å²) in [4.78, 5) is 36.5. The molecule has 0 aliphatic heterocycles. The highest BCUT2D eigenvalue weighted by atomic mass is 32.2. The molecule has 11 heteroatoms. The Hall–Kier alpha value is -3.02. The van der Waals surface area contributed by atoms with Crippen molar-refractivity contribution < 1.29 is 9.59 Å². The van der Waals surface area contributed by atoms with E-state index in [2.05, 4.69) is 20.8 Å². The zero-order valence-electron chi connectivity index (χ0n) is 17.0. The van der Waals surface area contributed by atoms with Crippen molar-refractivity contribution in [1.82, 2.24) is 14.8 Å². The van der Waals surface area contributed by atoms with Crippen LogP contribution >= 0.6 is 34.4 Å². The highest BCUT2D eigenvalue weighted by molar-refractivity contribution is 8.01. The van der Waals surface area contributed by atoms with Gasteiger partial charge in [-0.1, -0.05) is 64.8 Å². The lowest BCUT2D eigenvalue weighted by Gasteiger charge is -2.07. The van der Waals surface area contributed by atoms with Crippen molar-refractivity contribution in [1.29, 1.82) is 0 Å². The number of carbonyl (C=O) groups excluding carboxylic acids is 2. The minimum absolute atomic E-state index is 0.0710. The van der Waals surface area contributed by atoms with Crippen LogP contribution in [-0.2, 0) is 16.1 Å². The molecule has 2 aromatic carbocycles. The molecule has 8 nitrogen and oxygen atoms in total. The van der Waals surface area contributed by atoms with Crippen LogP contribution in [0.5, 0.6) is 0 Å². The molecule has 0 aliphatic rings. The number of fused-ring (bicyclic) bond motifs is 1. The molecule has 0 unspecified atom stereocenters. The van der Waals surface area contributed by atoms with Crippen molar-refractivity contribution in [3.63, 3.8) is 0 Å². The standard InChI is InChI=1S/C21H19N5O3S3/c1-13-6-2-3-7-14(13)22-17(27)10-11-30-20-25-24-19(32-20)23-18(28)12-26-15-8-4-5-9-16(15)31-21(26)29/h2-9H,10-12H2,1H3,(H,22,27)(H,23,24,28). The first-order valence-corrected chi connectivity index (χ1v) is 12.3. The summed E-state index contributed by atoms with van der Waals surface area (Å²) >= 11 is 3.74. The highest BCUT2D eigenvalue weighted by Crippen LogP contribution is 2.26. The number of rotatable bonds is 8. The Morgan fingerprint density at radius 1 is 1.00 bits per heavy atom. The van der Waals surface area contributed by atoms with E-state index in [-0.39, 0.29) is 23.2 Å². The Labute approximate surface area is 195 Å². The number of thiazole rings is 1. The maximum Gasteiger partial charge on any atom is 0.308 e. The molecule has 164 valence electrons. The van der Waals surface area contributed by atoms with Gasteiger partial charge in [0.2, 0.25) is 16.9 Å². The molecule has 0 spiro atoms. The molecule has 0 fully saturated rings. The topological polar surface area (TPSA) is 106 Å². The Kier molecular flexibility index (Phi) is 6.98. The average Bonchev–Trinajstić information content (AvgIpc) is 3.33. The zero-order chi connectivity index (χ0) is 22.5. The van der Waals surface area contributed by atoms with E-state index in [0.29, 0.717) is 21.6 Å². The average molecular weight is 486 g/mol. The van der Waals surface area contributed by atoms with Gasteiger partial charge in [0.05, 0.1) is 10.2 Å². The summed E-state index contributed by atoms with van der Waals surface area (Å²) in [6.45, 7) is 1.85. The predicted molar refractivity (Wildman–Crippen MR) is 130 cm³/mol. The molecule has 2 heterocycles. The Morgan fingerprint density at radius 2 is 1.78 bits per heavy atom. The number of benzene rings is 2. The van der Waals surface area contributed by atoms with E-state index in [1.54, 1.807) is 0 Å². The van der Waals surface area contributed by atoms with Crippen LogP contribution in [0.3, 0.4) is 0 Å². The molecule has 4 aromatic rings. The number of nitrogens with one attached hydrogen (secondary N) is 2. The number of aromatic nitrogens is 3. The summed E-state index contributed by atoms with van der Waals surface area (Å²) in [7, 11) is 0. The zero-order valence-corrected chi connectivity index (χ0v) is 19.5. The summed E-state index contributed by atoms with van der Waals surface area (Å²) in [6, 6.07) is 15.0. The molecule has 0 saturated heterocycles. The first kappa shape index (κ1) is 22.2. The van der Waals surface area contributed by atoms with Gasteiger partial charge in [0, 0.05) is 17.9 Å². The monoisotopic (exact) mass is 485 g/mol. The maximum atomic E-state index is 12.4. The summed E-state index contributed by atoms with van der Waals surface area (Å²) in [5, 5.41) is 14.0. The Bertz CT molecular complexity index is 1330. The SMILES string of the molecule is Cc1ccccc1NC(=O)CCSc1nnc(NC(=O)Cn2c(=O)sc3ccccc32)s1. The van der Waals surface area contributed by atoms with E-state index < -0.39 is 0 Å². The number of thioether (sulfide) groups is 1. The molecule has 0 radical (unpaired) electrons. The molecule has 0 atom stereocenters. The molecule has 0 aliphatic carbocycles. The van der Waals surface area contributed by atoms with Crippen molar-refractivity contribution in [2.45, 2.75) is 24.2 Å². The van der Waals surface area contributed by atoms with Gasteiger partial charge in [-0.15, -0.1) is 10.2 Å². The third kappa shape index (κ3) is 5.42. The highest BCUT2D eigenvalue weighted by Gasteiger charge is 2.14. The van der Waals surface area contributed by atoms with Crippen molar-refractivity contribution in [2.75, 3.05) is 16.4 Å². The first-order valence-electron chi connectivity index (χ1n) is 9.69. The van der Waals surface area contributed by atoms with E-state index in [1.807, 2.05) is 55.5 Å². The van der Waals surface area contributed by atoms with E-state index in [0.717, 1.165) is 32.8 Å². The van der Waals surface area contributed by atoms with Crippen molar-refractivity contribution in [2.24, 2.45) is 0 Å². The number of carbonyl (C=O) groups is 2. The third-order valence-corrected chi connectivity index (χ3v) is 7.44. The normalized spacial score (nSPS) is 10.9. The number of nitrogens with zero attached hydrogens (tertiary/aromatic N) is 3. The van der Waals surface area contributed by atoms with Crippen LogP contribution in [0.4, 0.5) is 10.8 Å². The molecular weight excluding hydrogens is 466 g/mol. The lowest BCUT2D eigenvalue weighted by Crippen LogP contribution is -2.24. The molecule has 2 amide bonds. The molecule has 4 rings (SSSR count). The summed E-state index contributed by atoms with van der Waals surface area (Å²) in [5.41, 5.74) is 2.55. The third-order valence-electron chi connectivity index (χ3n) is 4.50. The number of hydrogen-bond donors (Lipinski definition) is 2. The summed E-state index contributed by atoms with van der Waals surface area (Å²) in [6.07, 6.45) is 0.328. The Morgan fingerprint density at radius 3 is 2.62 bits per heavy atom. The maximum absolute atomic E-state index is 12.4. The molecule has 0 bridgehead atoms. The second kappa shape index (κ2) is 10.1. The van der Waals surface area contributed by atoms with E-state index in [1.165, 1.54) is 27.7 Å². The molecule has 0 saturated carbocycles. The second-order valence-corrected chi connectivity index (χ2v) is 10.1. The van der Waals surface area contributed by atoms with Gasteiger partial charge in [0.15, 0.2) is 4.34 Å². The summed E-state index contributed by atoms with van der Waals surface area (Å²) < 4.78 is 2.94. The van der Waals surface area contributed by atoms with Crippen LogP contribution in [-0.4, -0.2) is 32.3 Å². The number of hydrogen-bond acceptors (Lipinski definition) is 8. The van der Waals surface area contributed by atoms with Gasteiger partial charge in [-0.3, -0.25) is 24.3 Å². The molecular formula is C21H19N5O3S3.